The second-order valence-electron chi connectivity index (χ2n) is 2.06. The highest BCUT2D eigenvalue weighted by molar-refractivity contribution is 7.87. The van der Waals surface area contributed by atoms with Crippen LogP contribution in [0.1, 0.15) is 5.69 Å². The van der Waals surface area contributed by atoms with E-state index in [0.717, 1.165) is 5.69 Å². The number of nitrogens with two attached hydrogens (primary N) is 1. The molecule has 0 fully saturated rings. The number of hydrogen-bond acceptors (Lipinski definition) is 2. The van der Waals surface area contributed by atoms with E-state index in [1.807, 2.05) is 0 Å². The molecule has 0 spiro atoms. The van der Waals surface area contributed by atoms with Gasteiger partial charge in [-0.3, -0.25) is 0 Å². The fraction of sp³-hybridized carbons (Fsp3) is 0.200. The van der Waals surface area contributed by atoms with Gasteiger partial charge in [-0.2, -0.15) is 13.1 Å². The Bertz CT molecular complexity index is 302. The molecule has 0 aliphatic rings. The summed E-state index contributed by atoms with van der Waals surface area (Å²) < 4.78 is 22.9. The van der Waals surface area contributed by atoms with E-state index in [9.17, 15) is 8.42 Å². The molecule has 0 aromatic carbocycles. The van der Waals surface area contributed by atoms with Crippen molar-refractivity contribution >= 4 is 10.2 Å². The number of H-pyrrole nitrogens is 1. The first-order valence-electron chi connectivity index (χ1n) is 2.97. The Morgan fingerprint density at radius 1 is 1.64 bits per heavy atom. The van der Waals surface area contributed by atoms with Crippen LogP contribution in [0.4, 0.5) is 0 Å². The SMILES string of the molecule is NS(=O)(=O)NCc1ccc[nH]1. The van der Waals surface area contributed by atoms with Gasteiger partial charge in [0.15, 0.2) is 0 Å². The van der Waals surface area contributed by atoms with Crippen molar-refractivity contribution < 1.29 is 8.42 Å². The van der Waals surface area contributed by atoms with Crippen molar-refractivity contribution in [3.8, 4) is 0 Å². The highest BCUT2D eigenvalue weighted by Crippen LogP contribution is 1.92. The van der Waals surface area contributed by atoms with E-state index in [-0.39, 0.29) is 6.54 Å². The van der Waals surface area contributed by atoms with Crippen LogP contribution in [-0.4, -0.2) is 13.4 Å². The van der Waals surface area contributed by atoms with E-state index in [0.29, 0.717) is 0 Å². The lowest BCUT2D eigenvalue weighted by Gasteiger charge is -1.97. The molecular weight excluding hydrogens is 166 g/mol. The lowest BCUT2D eigenvalue weighted by Crippen LogP contribution is -2.30. The van der Waals surface area contributed by atoms with E-state index < -0.39 is 10.2 Å². The van der Waals surface area contributed by atoms with Crippen molar-refractivity contribution in [3.63, 3.8) is 0 Å². The molecule has 0 atom stereocenters. The van der Waals surface area contributed by atoms with Crippen molar-refractivity contribution in [2.24, 2.45) is 5.14 Å². The summed E-state index contributed by atoms with van der Waals surface area (Å²) in [6, 6.07) is 3.54. The molecule has 0 unspecified atom stereocenters. The molecule has 0 aliphatic carbocycles. The molecule has 0 saturated carbocycles. The third-order valence-corrected chi connectivity index (χ3v) is 1.67. The molecule has 5 nitrogen and oxygen atoms in total. The molecule has 0 bridgehead atoms. The topological polar surface area (TPSA) is 88.0 Å². The van der Waals surface area contributed by atoms with Gasteiger partial charge in [-0.25, -0.2) is 5.14 Å². The number of nitrogens with one attached hydrogen (secondary N) is 2. The van der Waals surface area contributed by atoms with Gasteiger partial charge in [0.25, 0.3) is 10.2 Å². The molecule has 1 heterocycles. The maximum absolute atomic E-state index is 10.4. The van der Waals surface area contributed by atoms with Gasteiger partial charge < -0.3 is 4.98 Å². The lowest BCUT2D eigenvalue weighted by atomic mass is 10.4. The number of hydrogen-bond donors (Lipinski definition) is 3. The third-order valence-electron chi connectivity index (χ3n) is 1.13. The summed E-state index contributed by atoms with van der Waals surface area (Å²) in [5.41, 5.74) is 0.777. The van der Waals surface area contributed by atoms with Crippen molar-refractivity contribution in [1.82, 2.24) is 9.71 Å². The summed E-state index contributed by atoms with van der Waals surface area (Å²) in [7, 11) is -3.57. The highest BCUT2D eigenvalue weighted by atomic mass is 32.2. The lowest BCUT2D eigenvalue weighted by molar-refractivity contribution is 0.582. The van der Waals surface area contributed by atoms with E-state index in [1.54, 1.807) is 18.3 Å². The molecule has 4 N–H and O–H groups in total. The summed E-state index contributed by atoms with van der Waals surface area (Å²) in [6.07, 6.45) is 1.71. The number of rotatable bonds is 3. The van der Waals surface area contributed by atoms with E-state index in [2.05, 4.69) is 9.71 Å². The Hall–Kier alpha value is -0.850. The van der Waals surface area contributed by atoms with Crippen LogP contribution in [0, 0.1) is 0 Å². The average molecular weight is 175 g/mol. The quantitative estimate of drug-likeness (QED) is 0.567. The van der Waals surface area contributed by atoms with E-state index >= 15 is 0 Å². The normalized spacial score (nSPS) is 11.7. The zero-order chi connectivity index (χ0) is 8.32. The van der Waals surface area contributed by atoms with Crippen LogP contribution in [0.3, 0.4) is 0 Å². The summed E-state index contributed by atoms with van der Waals surface area (Å²) in [4.78, 5) is 2.83. The molecule has 0 amide bonds. The Labute approximate surface area is 64.8 Å². The molecule has 6 heteroatoms. The number of aromatic amines is 1. The minimum Gasteiger partial charge on any atom is -0.364 e. The summed E-state index contributed by atoms with van der Waals surface area (Å²) in [5.74, 6) is 0. The van der Waals surface area contributed by atoms with Crippen LogP contribution < -0.4 is 9.86 Å². The Kier molecular flexibility index (Phi) is 2.28. The fourth-order valence-corrected chi connectivity index (χ4v) is 1.01. The molecule has 0 aliphatic heterocycles. The zero-order valence-electron chi connectivity index (χ0n) is 5.74. The molecule has 1 aromatic rings. The first kappa shape index (κ1) is 8.25. The fourth-order valence-electron chi connectivity index (χ4n) is 0.656. The van der Waals surface area contributed by atoms with Gasteiger partial charge in [-0.15, -0.1) is 0 Å². The second kappa shape index (κ2) is 3.04. The van der Waals surface area contributed by atoms with Crippen molar-refractivity contribution in [2.75, 3.05) is 0 Å². The monoisotopic (exact) mass is 175 g/mol. The van der Waals surface area contributed by atoms with Crippen molar-refractivity contribution in [3.05, 3.63) is 24.0 Å². The van der Waals surface area contributed by atoms with E-state index in [1.165, 1.54) is 0 Å². The zero-order valence-corrected chi connectivity index (χ0v) is 6.56. The first-order valence-corrected chi connectivity index (χ1v) is 4.52. The van der Waals surface area contributed by atoms with Crippen molar-refractivity contribution in [1.29, 1.82) is 0 Å². The standard InChI is InChI=1S/C5H9N3O2S/c6-11(9,10)8-4-5-2-1-3-7-5/h1-3,7-8H,4H2,(H2,6,9,10). The van der Waals surface area contributed by atoms with Gasteiger partial charge >= 0.3 is 0 Å². The summed E-state index contributed by atoms with van der Waals surface area (Å²) in [5, 5.41) is 4.70. The summed E-state index contributed by atoms with van der Waals surface area (Å²) >= 11 is 0. The third kappa shape index (κ3) is 3.17. The molecule has 1 aromatic heterocycles. The second-order valence-corrected chi connectivity index (χ2v) is 3.44. The minimum atomic E-state index is -3.57. The van der Waals surface area contributed by atoms with Crippen LogP contribution in [0.2, 0.25) is 0 Å². The Balaban J connectivity index is 2.48. The smallest absolute Gasteiger partial charge is 0.274 e. The average Bonchev–Trinajstić information content (AvgIpc) is 2.32. The van der Waals surface area contributed by atoms with E-state index in [4.69, 9.17) is 5.14 Å². The van der Waals surface area contributed by atoms with Crippen molar-refractivity contribution in [2.45, 2.75) is 6.54 Å². The number of aromatic nitrogens is 1. The maximum atomic E-state index is 10.4. The Morgan fingerprint density at radius 3 is 2.82 bits per heavy atom. The molecule has 0 radical (unpaired) electrons. The maximum Gasteiger partial charge on any atom is 0.274 e. The molecule has 11 heavy (non-hydrogen) atoms. The largest absolute Gasteiger partial charge is 0.364 e. The first-order chi connectivity index (χ1) is 5.08. The molecule has 0 saturated heterocycles. The van der Waals surface area contributed by atoms with Gasteiger partial charge in [0.2, 0.25) is 0 Å². The van der Waals surface area contributed by atoms with Gasteiger partial charge in [0.1, 0.15) is 0 Å². The van der Waals surface area contributed by atoms with Crippen LogP contribution in [0.15, 0.2) is 18.3 Å². The summed E-state index contributed by atoms with van der Waals surface area (Å²) in [6.45, 7) is 0.200. The highest BCUT2D eigenvalue weighted by Gasteiger charge is 2.00. The van der Waals surface area contributed by atoms with Crippen LogP contribution in [0.5, 0.6) is 0 Å². The van der Waals surface area contributed by atoms with Gasteiger partial charge in [-0.1, -0.05) is 0 Å². The van der Waals surface area contributed by atoms with Crippen LogP contribution >= 0.6 is 0 Å². The van der Waals surface area contributed by atoms with Gasteiger partial charge in [0, 0.05) is 11.9 Å². The predicted molar refractivity (Wildman–Crippen MR) is 40.7 cm³/mol. The molecular formula is C5H9N3O2S. The van der Waals surface area contributed by atoms with Crippen LogP contribution in [-0.2, 0) is 16.8 Å². The minimum absolute atomic E-state index is 0.200. The van der Waals surface area contributed by atoms with Gasteiger partial charge in [-0.05, 0) is 12.1 Å². The molecule has 1 rings (SSSR count). The Morgan fingerprint density at radius 2 is 2.36 bits per heavy atom. The van der Waals surface area contributed by atoms with Crippen LogP contribution in [0.25, 0.3) is 0 Å². The molecule has 62 valence electrons. The predicted octanol–water partition coefficient (Wildman–Crippen LogP) is -0.692. The van der Waals surface area contributed by atoms with Gasteiger partial charge in [0.05, 0.1) is 6.54 Å².